The van der Waals surface area contributed by atoms with Crippen molar-refractivity contribution >= 4 is 28.9 Å². The number of aromatic nitrogens is 5. The zero-order chi connectivity index (χ0) is 23.3. The largest absolute Gasteiger partial charge is 0.497 e. The smallest absolute Gasteiger partial charge is 0.282 e. The molecular weight excluding hydrogens is 452 g/mol. The minimum Gasteiger partial charge on any atom is -0.497 e. The number of para-hydroxylation sites is 1. The van der Waals surface area contributed by atoms with Crippen molar-refractivity contribution in [3.63, 3.8) is 0 Å². The van der Waals surface area contributed by atoms with Gasteiger partial charge in [-0.2, -0.15) is 9.78 Å². The summed E-state index contributed by atoms with van der Waals surface area (Å²) in [5, 5.41) is 13.5. The quantitative estimate of drug-likeness (QED) is 0.259. The van der Waals surface area contributed by atoms with Crippen LogP contribution in [-0.2, 0) is 5.75 Å². The highest BCUT2D eigenvalue weighted by Gasteiger charge is 2.14. The molecule has 0 spiro atoms. The van der Waals surface area contributed by atoms with Crippen molar-refractivity contribution in [2.45, 2.75) is 11.0 Å². The Labute approximate surface area is 198 Å². The van der Waals surface area contributed by atoms with Gasteiger partial charge in [-0.15, -0.1) is 10.2 Å². The van der Waals surface area contributed by atoms with E-state index in [1.165, 1.54) is 16.4 Å². The number of rotatable bonds is 7. The number of pyridine rings is 1. The van der Waals surface area contributed by atoms with Crippen LogP contribution in [0.4, 0.5) is 0 Å². The molecule has 0 bridgehead atoms. The number of nitrogens with zero attached hydrogens (tertiary/aromatic N) is 6. The van der Waals surface area contributed by atoms with Gasteiger partial charge in [0.15, 0.2) is 0 Å². The summed E-state index contributed by atoms with van der Waals surface area (Å²) in [5.74, 6) is 1.90. The Hall–Kier alpha value is -4.31. The van der Waals surface area contributed by atoms with Crippen LogP contribution in [-0.4, -0.2) is 38.2 Å². The van der Waals surface area contributed by atoms with E-state index in [1.807, 2.05) is 30.3 Å². The molecule has 0 unspecified atom stereocenters. The minimum absolute atomic E-state index is 0.256. The Balaban J connectivity index is 1.45. The van der Waals surface area contributed by atoms with Crippen molar-refractivity contribution in [1.29, 1.82) is 0 Å². The lowest BCUT2D eigenvalue weighted by atomic mass is 10.2. The molecule has 3 heterocycles. The molecule has 0 saturated carbocycles. The average molecular weight is 471 g/mol. The molecule has 0 atom stereocenters. The van der Waals surface area contributed by atoms with E-state index in [0.29, 0.717) is 33.6 Å². The van der Waals surface area contributed by atoms with Gasteiger partial charge >= 0.3 is 0 Å². The summed E-state index contributed by atoms with van der Waals surface area (Å²) in [7, 11) is 1.61. The molecule has 168 valence electrons. The predicted octanol–water partition coefficient (Wildman–Crippen LogP) is 4.02. The Morgan fingerprint density at radius 1 is 1.06 bits per heavy atom. The summed E-state index contributed by atoms with van der Waals surface area (Å²) in [6.07, 6.45) is 4.93. The van der Waals surface area contributed by atoms with Crippen molar-refractivity contribution in [3.05, 3.63) is 94.8 Å². The van der Waals surface area contributed by atoms with E-state index in [2.05, 4.69) is 25.3 Å². The van der Waals surface area contributed by atoms with Crippen LogP contribution in [0.2, 0.25) is 0 Å². The molecule has 0 aliphatic carbocycles. The second kappa shape index (κ2) is 9.67. The monoisotopic (exact) mass is 470 g/mol. The minimum atomic E-state index is -0.256. The van der Waals surface area contributed by atoms with Crippen LogP contribution in [0.3, 0.4) is 0 Å². The van der Waals surface area contributed by atoms with Crippen LogP contribution >= 0.6 is 11.8 Å². The van der Waals surface area contributed by atoms with Gasteiger partial charge in [-0.3, -0.25) is 9.78 Å². The van der Waals surface area contributed by atoms with Gasteiger partial charge in [-0.05, 0) is 54.1 Å². The lowest BCUT2D eigenvalue weighted by molar-refractivity contribution is 0.415. The molecule has 0 aliphatic rings. The predicted molar refractivity (Wildman–Crippen MR) is 129 cm³/mol. The SMILES string of the molecule is COc1ccc(/C=N/n2c(CSc3nnc(-c4ccncc4)o3)nc3ccccc3c2=O)cc1. The van der Waals surface area contributed by atoms with Crippen molar-refractivity contribution in [2.75, 3.05) is 7.11 Å². The van der Waals surface area contributed by atoms with Gasteiger partial charge in [0.1, 0.15) is 11.6 Å². The summed E-state index contributed by atoms with van der Waals surface area (Å²) in [6.45, 7) is 0. The third-order valence-corrected chi connectivity index (χ3v) is 5.73. The second-order valence-electron chi connectivity index (χ2n) is 7.08. The van der Waals surface area contributed by atoms with Crippen molar-refractivity contribution in [3.8, 4) is 17.2 Å². The number of hydrogen-bond donors (Lipinski definition) is 0. The summed E-state index contributed by atoms with van der Waals surface area (Å²) in [4.78, 5) is 21.8. The Morgan fingerprint density at radius 2 is 1.85 bits per heavy atom. The Morgan fingerprint density at radius 3 is 2.65 bits per heavy atom. The molecular formula is C24H18N6O3S. The van der Waals surface area contributed by atoms with Crippen molar-refractivity contribution in [2.24, 2.45) is 5.10 Å². The van der Waals surface area contributed by atoms with E-state index in [9.17, 15) is 4.79 Å². The molecule has 0 fully saturated rings. The molecule has 10 heteroatoms. The third kappa shape index (κ3) is 4.57. The van der Waals surface area contributed by atoms with Crippen LogP contribution in [0.5, 0.6) is 5.75 Å². The van der Waals surface area contributed by atoms with Gasteiger partial charge in [0.2, 0.25) is 5.89 Å². The lowest BCUT2D eigenvalue weighted by Gasteiger charge is -2.08. The zero-order valence-electron chi connectivity index (χ0n) is 18.0. The van der Waals surface area contributed by atoms with E-state index in [0.717, 1.165) is 16.9 Å². The molecule has 9 nitrogen and oxygen atoms in total. The summed E-state index contributed by atoms with van der Waals surface area (Å²) < 4.78 is 12.2. The average Bonchev–Trinajstić information content (AvgIpc) is 3.37. The van der Waals surface area contributed by atoms with Gasteiger partial charge in [-0.1, -0.05) is 23.9 Å². The first-order valence-corrected chi connectivity index (χ1v) is 11.3. The topological polar surface area (TPSA) is 108 Å². The number of hydrogen-bond acceptors (Lipinski definition) is 9. The standard InChI is InChI=1S/C24H18N6O3S/c1-32-18-8-6-16(7-9-18)14-26-30-21(27-20-5-3-2-4-19(20)23(30)31)15-34-24-29-28-22(33-24)17-10-12-25-13-11-17/h2-14H,15H2,1H3/b26-14+. The summed E-state index contributed by atoms with van der Waals surface area (Å²) in [5.41, 5.74) is 1.94. The van der Waals surface area contributed by atoms with Crippen LogP contribution in [0, 0.1) is 0 Å². The van der Waals surface area contributed by atoms with Crippen LogP contribution in [0.25, 0.3) is 22.4 Å². The lowest BCUT2D eigenvalue weighted by Crippen LogP contribution is -2.22. The zero-order valence-corrected chi connectivity index (χ0v) is 18.8. The van der Waals surface area contributed by atoms with Gasteiger partial charge in [0.25, 0.3) is 10.8 Å². The van der Waals surface area contributed by atoms with Gasteiger partial charge in [-0.25, -0.2) is 4.98 Å². The molecule has 34 heavy (non-hydrogen) atoms. The molecule has 0 amide bonds. The van der Waals surface area contributed by atoms with E-state index < -0.39 is 0 Å². The molecule has 0 N–H and O–H groups in total. The van der Waals surface area contributed by atoms with Gasteiger partial charge < -0.3 is 9.15 Å². The van der Waals surface area contributed by atoms with E-state index in [4.69, 9.17) is 9.15 Å². The number of thioether (sulfide) groups is 1. The number of methoxy groups -OCH3 is 1. The number of fused-ring (bicyclic) bond motifs is 1. The molecule has 0 radical (unpaired) electrons. The fraction of sp³-hybridized carbons (Fsp3) is 0.0833. The van der Waals surface area contributed by atoms with E-state index in [1.54, 1.807) is 56.0 Å². The third-order valence-electron chi connectivity index (χ3n) is 4.92. The maximum absolute atomic E-state index is 13.2. The fourth-order valence-electron chi connectivity index (χ4n) is 3.20. The second-order valence-corrected chi connectivity index (χ2v) is 8.00. The van der Waals surface area contributed by atoms with Crippen LogP contribution in [0.15, 0.2) is 92.6 Å². The molecule has 5 aromatic rings. The van der Waals surface area contributed by atoms with Crippen molar-refractivity contribution < 1.29 is 9.15 Å². The highest BCUT2D eigenvalue weighted by atomic mass is 32.2. The van der Waals surface area contributed by atoms with Gasteiger partial charge in [0, 0.05) is 18.0 Å². The first-order valence-electron chi connectivity index (χ1n) is 10.3. The summed E-state index contributed by atoms with van der Waals surface area (Å²) in [6, 6.07) is 18.1. The Kier molecular flexibility index (Phi) is 6.13. The van der Waals surface area contributed by atoms with Crippen molar-refractivity contribution in [1.82, 2.24) is 24.8 Å². The number of benzene rings is 2. The van der Waals surface area contributed by atoms with E-state index >= 15 is 0 Å². The van der Waals surface area contributed by atoms with E-state index in [-0.39, 0.29) is 5.56 Å². The van der Waals surface area contributed by atoms with Crippen LogP contribution in [0.1, 0.15) is 11.4 Å². The number of ether oxygens (including phenoxy) is 1. The first-order chi connectivity index (χ1) is 16.7. The summed E-state index contributed by atoms with van der Waals surface area (Å²) >= 11 is 1.28. The molecule has 0 saturated heterocycles. The molecule has 2 aromatic carbocycles. The normalized spacial score (nSPS) is 11.3. The molecule has 0 aliphatic heterocycles. The van der Waals surface area contributed by atoms with Crippen LogP contribution < -0.4 is 10.3 Å². The highest BCUT2D eigenvalue weighted by Crippen LogP contribution is 2.25. The maximum Gasteiger partial charge on any atom is 0.282 e. The first kappa shape index (κ1) is 21.5. The highest BCUT2D eigenvalue weighted by molar-refractivity contribution is 7.98. The molecule has 5 rings (SSSR count). The van der Waals surface area contributed by atoms with Gasteiger partial charge in [0.05, 0.1) is 30.0 Å². The molecule has 3 aromatic heterocycles. The Bertz CT molecular complexity index is 1510. The fourth-order valence-corrected chi connectivity index (χ4v) is 3.88. The maximum atomic E-state index is 13.2.